The molecule has 0 aliphatic rings. The van der Waals surface area contributed by atoms with E-state index >= 15 is 0 Å². The standard InChI is InChI=1S/C16H25NO3/c1-12(2)11-17-16(3,15(18)20-5)10-13-8-6-7-9-14(13)19-4/h6-9,12,17H,10-11H2,1-5H3. The highest BCUT2D eigenvalue weighted by Gasteiger charge is 2.35. The summed E-state index contributed by atoms with van der Waals surface area (Å²) in [4.78, 5) is 12.1. The number of para-hydroxylation sites is 1. The zero-order chi connectivity index (χ0) is 15.2. The van der Waals surface area contributed by atoms with Crippen LogP contribution in [-0.4, -0.2) is 32.3 Å². The topological polar surface area (TPSA) is 47.6 Å². The normalized spacial score (nSPS) is 13.9. The number of hydrogen-bond donors (Lipinski definition) is 1. The summed E-state index contributed by atoms with van der Waals surface area (Å²) in [6.07, 6.45) is 0.524. The summed E-state index contributed by atoms with van der Waals surface area (Å²) in [5.74, 6) is 0.981. The van der Waals surface area contributed by atoms with Crippen molar-refractivity contribution in [2.24, 2.45) is 5.92 Å². The van der Waals surface area contributed by atoms with E-state index in [1.54, 1.807) is 7.11 Å². The molecule has 0 aliphatic heterocycles. The van der Waals surface area contributed by atoms with Gasteiger partial charge in [0.15, 0.2) is 0 Å². The van der Waals surface area contributed by atoms with Crippen molar-refractivity contribution < 1.29 is 14.3 Å². The van der Waals surface area contributed by atoms with Gasteiger partial charge < -0.3 is 14.8 Å². The molecule has 0 saturated heterocycles. The van der Waals surface area contributed by atoms with Crippen LogP contribution < -0.4 is 10.1 Å². The molecule has 1 N–H and O–H groups in total. The van der Waals surface area contributed by atoms with Crippen molar-refractivity contribution in [3.05, 3.63) is 29.8 Å². The lowest BCUT2D eigenvalue weighted by Crippen LogP contribution is -2.53. The van der Waals surface area contributed by atoms with Crippen LogP contribution in [0.5, 0.6) is 5.75 Å². The van der Waals surface area contributed by atoms with Crippen molar-refractivity contribution in [1.82, 2.24) is 5.32 Å². The van der Waals surface area contributed by atoms with Crippen molar-refractivity contribution >= 4 is 5.97 Å². The van der Waals surface area contributed by atoms with E-state index in [2.05, 4.69) is 19.2 Å². The molecule has 0 saturated carbocycles. The second kappa shape index (κ2) is 7.29. The predicted octanol–water partition coefficient (Wildman–Crippen LogP) is 2.42. The molecule has 0 radical (unpaired) electrons. The first-order chi connectivity index (χ1) is 9.42. The van der Waals surface area contributed by atoms with E-state index in [0.29, 0.717) is 12.3 Å². The van der Waals surface area contributed by atoms with Crippen LogP contribution in [0, 0.1) is 5.92 Å². The average molecular weight is 279 g/mol. The molecular formula is C16H25NO3. The summed E-state index contributed by atoms with van der Waals surface area (Å²) in [5, 5.41) is 3.32. The molecule has 1 unspecified atom stereocenters. The van der Waals surface area contributed by atoms with Crippen molar-refractivity contribution in [2.75, 3.05) is 20.8 Å². The van der Waals surface area contributed by atoms with Crippen LogP contribution in [0.15, 0.2) is 24.3 Å². The summed E-state index contributed by atoms with van der Waals surface area (Å²) in [6.45, 7) is 6.83. The lowest BCUT2D eigenvalue weighted by atomic mass is 9.91. The number of carbonyl (C=O) groups excluding carboxylic acids is 1. The lowest BCUT2D eigenvalue weighted by molar-refractivity contribution is -0.148. The Hall–Kier alpha value is -1.55. The molecule has 1 aromatic rings. The summed E-state index contributed by atoms with van der Waals surface area (Å²) in [5.41, 5.74) is 0.229. The molecule has 4 nitrogen and oxygen atoms in total. The minimum absolute atomic E-state index is 0.260. The molecule has 0 heterocycles. The summed E-state index contributed by atoms with van der Waals surface area (Å²) < 4.78 is 10.3. The molecule has 1 atom stereocenters. The molecule has 4 heteroatoms. The minimum atomic E-state index is -0.756. The summed E-state index contributed by atoms with van der Waals surface area (Å²) in [6, 6.07) is 7.73. The molecule has 0 bridgehead atoms. The maximum Gasteiger partial charge on any atom is 0.326 e. The molecule has 0 fully saturated rings. The average Bonchev–Trinajstić information content (AvgIpc) is 2.44. The number of esters is 1. The fourth-order valence-corrected chi connectivity index (χ4v) is 2.09. The smallest absolute Gasteiger partial charge is 0.326 e. The molecule has 0 aliphatic carbocycles. The third kappa shape index (κ3) is 4.23. The van der Waals surface area contributed by atoms with Gasteiger partial charge in [-0.25, -0.2) is 0 Å². The highest BCUT2D eigenvalue weighted by atomic mass is 16.5. The van der Waals surface area contributed by atoms with Gasteiger partial charge in [-0.2, -0.15) is 0 Å². The highest BCUT2D eigenvalue weighted by Crippen LogP contribution is 2.23. The number of nitrogens with one attached hydrogen (secondary N) is 1. The van der Waals surface area contributed by atoms with Crippen LogP contribution in [0.3, 0.4) is 0 Å². The number of carbonyl (C=O) groups is 1. The zero-order valence-electron chi connectivity index (χ0n) is 13.0. The monoisotopic (exact) mass is 279 g/mol. The van der Waals surface area contributed by atoms with E-state index in [0.717, 1.165) is 17.9 Å². The summed E-state index contributed by atoms with van der Waals surface area (Å²) in [7, 11) is 3.05. The number of hydrogen-bond acceptors (Lipinski definition) is 4. The maximum absolute atomic E-state index is 12.1. The Morgan fingerprint density at radius 2 is 1.95 bits per heavy atom. The second-order valence-electron chi connectivity index (χ2n) is 5.59. The quantitative estimate of drug-likeness (QED) is 0.779. The van der Waals surface area contributed by atoms with Gasteiger partial charge in [-0.05, 0) is 31.0 Å². The third-order valence-corrected chi connectivity index (χ3v) is 3.27. The molecular weight excluding hydrogens is 254 g/mol. The highest BCUT2D eigenvalue weighted by molar-refractivity contribution is 5.80. The number of methoxy groups -OCH3 is 2. The maximum atomic E-state index is 12.1. The van der Waals surface area contributed by atoms with Crippen LogP contribution in [0.1, 0.15) is 26.3 Å². The van der Waals surface area contributed by atoms with Gasteiger partial charge >= 0.3 is 5.97 Å². The molecule has 0 amide bonds. The van der Waals surface area contributed by atoms with Crippen LogP contribution in [-0.2, 0) is 16.0 Å². The van der Waals surface area contributed by atoms with Gasteiger partial charge in [0.05, 0.1) is 14.2 Å². The van der Waals surface area contributed by atoms with E-state index in [1.165, 1.54) is 7.11 Å². The van der Waals surface area contributed by atoms with E-state index in [1.807, 2.05) is 31.2 Å². The van der Waals surface area contributed by atoms with Crippen molar-refractivity contribution in [1.29, 1.82) is 0 Å². The van der Waals surface area contributed by atoms with Crippen molar-refractivity contribution in [3.63, 3.8) is 0 Å². The van der Waals surface area contributed by atoms with Crippen molar-refractivity contribution in [3.8, 4) is 5.75 Å². The first kappa shape index (κ1) is 16.5. The summed E-state index contributed by atoms with van der Waals surface area (Å²) >= 11 is 0. The van der Waals surface area contributed by atoms with Crippen molar-refractivity contribution in [2.45, 2.75) is 32.7 Å². The van der Waals surface area contributed by atoms with E-state index in [4.69, 9.17) is 9.47 Å². The van der Waals surface area contributed by atoms with E-state index < -0.39 is 5.54 Å². The Morgan fingerprint density at radius 3 is 2.50 bits per heavy atom. The minimum Gasteiger partial charge on any atom is -0.496 e. The second-order valence-corrected chi connectivity index (χ2v) is 5.59. The SMILES string of the molecule is COC(=O)C(C)(Cc1ccccc1OC)NCC(C)C. The molecule has 1 rings (SSSR count). The zero-order valence-corrected chi connectivity index (χ0v) is 13.0. The number of benzene rings is 1. The molecule has 0 spiro atoms. The third-order valence-electron chi connectivity index (χ3n) is 3.27. The van der Waals surface area contributed by atoms with Crippen LogP contribution in [0.25, 0.3) is 0 Å². The van der Waals surface area contributed by atoms with E-state index in [9.17, 15) is 4.79 Å². The van der Waals surface area contributed by atoms with Crippen LogP contribution >= 0.6 is 0 Å². The van der Waals surface area contributed by atoms with Gasteiger partial charge in [0.2, 0.25) is 0 Å². The van der Waals surface area contributed by atoms with Crippen LogP contribution in [0.4, 0.5) is 0 Å². The Labute approximate surface area is 121 Å². The fourth-order valence-electron chi connectivity index (χ4n) is 2.09. The van der Waals surface area contributed by atoms with Gasteiger partial charge in [-0.15, -0.1) is 0 Å². The number of ether oxygens (including phenoxy) is 2. The van der Waals surface area contributed by atoms with Gasteiger partial charge in [-0.1, -0.05) is 32.0 Å². The van der Waals surface area contributed by atoms with Crippen LogP contribution in [0.2, 0.25) is 0 Å². The van der Waals surface area contributed by atoms with Gasteiger partial charge in [-0.3, -0.25) is 4.79 Å². The Balaban J connectivity index is 2.97. The van der Waals surface area contributed by atoms with Gasteiger partial charge in [0, 0.05) is 6.42 Å². The lowest BCUT2D eigenvalue weighted by Gasteiger charge is -2.29. The molecule has 112 valence electrons. The Morgan fingerprint density at radius 1 is 1.30 bits per heavy atom. The van der Waals surface area contributed by atoms with E-state index in [-0.39, 0.29) is 5.97 Å². The number of rotatable bonds is 7. The van der Waals surface area contributed by atoms with Gasteiger partial charge in [0.1, 0.15) is 11.3 Å². The largest absolute Gasteiger partial charge is 0.496 e. The first-order valence-electron chi connectivity index (χ1n) is 6.88. The molecule has 20 heavy (non-hydrogen) atoms. The first-order valence-corrected chi connectivity index (χ1v) is 6.88. The Kier molecular flexibility index (Phi) is 6.02. The molecule has 1 aromatic carbocycles. The predicted molar refractivity (Wildman–Crippen MR) is 80.0 cm³/mol. The fraction of sp³-hybridized carbons (Fsp3) is 0.562. The van der Waals surface area contributed by atoms with Gasteiger partial charge in [0.25, 0.3) is 0 Å². The Bertz CT molecular complexity index is 445. The molecule has 0 aromatic heterocycles.